The summed E-state index contributed by atoms with van der Waals surface area (Å²) in [6.45, 7) is 6.14. The van der Waals surface area contributed by atoms with Crippen LogP contribution in [0.3, 0.4) is 0 Å². The van der Waals surface area contributed by atoms with E-state index in [-0.39, 0.29) is 30.4 Å². The molecule has 0 N–H and O–H groups in total. The van der Waals surface area contributed by atoms with Crippen molar-refractivity contribution in [1.29, 1.82) is 0 Å². The zero-order valence-electron chi connectivity index (χ0n) is 15.5. The van der Waals surface area contributed by atoms with Crippen LogP contribution in [0.2, 0.25) is 5.02 Å². The first kappa shape index (κ1) is 19.0. The minimum absolute atomic E-state index is 0.00158. The number of fused-ring (bicyclic) bond motifs is 1. The van der Waals surface area contributed by atoms with Crippen molar-refractivity contribution in [2.24, 2.45) is 11.8 Å². The van der Waals surface area contributed by atoms with Crippen LogP contribution in [0, 0.1) is 11.8 Å². The number of rotatable bonds is 4. The molecule has 2 amide bonds. The van der Waals surface area contributed by atoms with Gasteiger partial charge in [0.05, 0.1) is 5.02 Å². The van der Waals surface area contributed by atoms with Gasteiger partial charge < -0.3 is 14.5 Å². The van der Waals surface area contributed by atoms with E-state index in [1.54, 1.807) is 12.1 Å². The summed E-state index contributed by atoms with van der Waals surface area (Å²) in [6, 6.07) is 7.40. The Bertz CT molecular complexity index is 664. The molecule has 5 nitrogen and oxygen atoms in total. The molecule has 2 fully saturated rings. The Balaban J connectivity index is 1.60. The average molecular weight is 379 g/mol. The average Bonchev–Trinajstić information content (AvgIpc) is 2.65. The third-order valence-electron chi connectivity index (χ3n) is 5.38. The van der Waals surface area contributed by atoms with E-state index in [0.29, 0.717) is 16.7 Å². The molecular weight excluding hydrogens is 352 g/mol. The van der Waals surface area contributed by atoms with Gasteiger partial charge in [0.1, 0.15) is 5.75 Å². The lowest BCUT2D eigenvalue weighted by molar-refractivity contribution is -0.144. The van der Waals surface area contributed by atoms with E-state index in [2.05, 4.69) is 0 Å². The van der Waals surface area contributed by atoms with Crippen molar-refractivity contribution in [2.45, 2.75) is 39.2 Å². The molecule has 2 atom stereocenters. The normalized spacial score (nSPS) is 22.9. The molecule has 1 aromatic carbocycles. The lowest BCUT2D eigenvalue weighted by Crippen LogP contribution is -2.57. The first-order chi connectivity index (χ1) is 12.5. The largest absolute Gasteiger partial charge is 0.482 e. The highest BCUT2D eigenvalue weighted by Crippen LogP contribution is 2.31. The summed E-state index contributed by atoms with van der Waals surface area (Å²) < 4.78 is 5.63. The quantitative estimate of drug-likeness (QED) is 0.808. The van der Waals surface area contributed by atoms with Gasteiger partial charge in [-0.1, -0.05) is 37.6 Å². The van der Waals surface area contributed by atoms with Crippen LogP contribution in [-0.4, -0.2) is 53.9 Å². The van der Waals surface area contributed by atoms with Gasteiger partial charge in [0.15, 0.2) is 6.61 Å². The Morgan fingerprint density at radius 2 is 2.00 bits per heavy atom. The Morgan fingerprint density at radius 1 is 1.23 bits per heavy atom. The van der Waals surface area contributed by atoms with Crippen molar-refractivity contribution in [3.8, 4) is 5.75 Å². The molecule has 6 heteroatoms. The van der Waals surface area contributed by atoms with E-state index in [9.17, 15) is 9.59 Å². The number of carbonyl (C=O) groups is 2. The van der Waals surface area contributed by atoms with Gasteiger partial charge in [-0.15, -0.1) is 0 Å². The fourth-order valence-electron chi connectivity index (χ4n) is 4.06. The summed E-state index contributed by atoms with van der Waals surface area (Å²) in [5.41, 5.74) is 0. The smallest absolute Gasteiger partial charge is 0.260 e. The van der Waals surface area contributed by atoms with Crippen molar-refractivity contribution in [2.75, 3.05) is 26.2 Å². The van der Waals surface area contributed by atoms with Crippen LogP contribution in [0.5, 0.6) is 5.75 Å². The SMILES string of the molecule is CC(C)C(=O)N1CC[C@@H]2[C@H](CCCN2C(=O)COc2ccccc2Cl)C1. The Labute approximate surface area is 160 Å². The minimum Gasteiger partial charge on any atom is -0.482 e. The van der Waals surface area contributed by atoms with Crippen LogP contribution in [-0.2, 0) is 9.59 Å². The Morgan fingerprint density at radius 3 is 2.73 bits per heavy atom. The topological polar surface area (TPSA) is 49.9 Å². The molecule has 0 radical (unpaired) electrons. The van der Waals surface area contributed by atoms with E-state index in [4.69, 9.17) is 16.3 Å². The molecule has 0 spiro atoms. The van der Waals surface area contributed by atoms with Crippen LogP contribution in [0.1, 0.15) is 33.1 Å². The molecule has 0 bridgehead atoms. The second kappa shape index (κ2) is 8.30. The minimum atomic E-state index is 0.00158. The Kier molecular flexibility index (Phi) is 6.07. The molecule has 26 heavy (non-hydrogen) atoms. The molecule has 3 rings (SSSR count). The highest BCUT2D eigenvalue weighted by Gasteiger charge is 2.39. The molecule has 0 saturated carbocycles. The van der Waals surface area contributed by atoms with Gasteiger partial charge in [-0.3, -0.25) is 9.59 Å². The number of halogens is 1. The number of nitrogens with zero attached hydrogens (tertiary/aromatic N) is 2. The van der Waals surface area contributed by atoms with Crippen molar-refractivity contribution < 1.29 is 14.3 Å². The number of benzene rings is 1. The second-order valence-electron chi connectivity index (χ2n) is 7.50. The first-order valence-electron chi connectivity index (χ1n) is 9.43. The maximum absolute atomic E-state index is 12.7. The van der Waals surface area contributed by atoms with E-state index >= 15 is 0 Å². The summed E-state index contributed by atoms with van der Waals surface area (Å²) >= 11 is 6.09. The first-order valence-corrected chi connectivity index (χ1v) is 9.80. The van der Waals surface area contributed by atoms with Crippen LogP contribution in [0.4, 0.5) is 0 Å². The van der Waals surface area contributed by atoms with Crippen molar-refractivity contribution in [3.63, 3.8) is 0 Å². The summed E-state index contributed by atoms with van der Waals surface area (Å²) in [5.74, 6) is 1.15. The number of amides is 2. The lowest BCUT2D eigenvalue weighted by atomic mass is 9.83. The molecule has 2 saturated heterocycles. The summed E-state index contributed by atoms with van der Waals surface area (Å²) in [4.78, 5) is 29.0. The third-order valence-corrected chi connectivity index (χ3v) is 5.69. The molecule has 0 unspecified atom stereocenters. The number of likely N-dealkylation sites (tertiary alicyclic amines) is 2. The van der Waals surface area contributed by atoms with Gasteiger partial charge in [-0.05, 0) is 37.3 Å². The monoisotopic (exact) mass is 378 g/mol. The maximum Gasteiger partial charge on any atom is 0.260 e. The summed E-state index contributed by atoms with van der Waals surface area (Å²) in [7, 11) is 0. The zero-order valence-corrected chi connectivity index (χ0v) is 16.2. The number of carbonyl (C=O) groups excluding carboxylic acids is 2. The third kappa shape index (κ3) is 4.14. The van der Waals surface area contributed by atoms with E-state index in [0.717, 1.165) is 38.9 Å². The lowest BCUT2D eigenvalue weighted by Gasteiger charge is -2.47. The van der Waals surface area contributed by atoms with Crippen molar-refractivity contribution >= 4 is 23.4 Å². The van der Waals surface area contributed by atoms with Gasteiger partial charge in [0.2, 0.25) is 5.91 Å². The highest BCUT2D eigenvalue weighted by atomic mass is 35.5. The molecule has 0 aromatic heterocycles. The van der Waals surface area contributed by atoms with Gasteiger partial charge in [-0.25, -0.2) is 0 Å². The maximum atomic E-state index is 12.7. The standard InChI is InChI=1S/C20H27ClN2O3/c1-14(2)20(25)22-11-9-17-15(12-22)6-5-10-23(17)19(24)13-26-18-8-4-3-7-16(18)21/h3-4,7-8,14-15,17H,5-6,9-13H2,1-2H3/t15-,17-/m1/s1. The van der Waals surface area contributed by atoms with Crippen LogP contribution in [0.15, 0.2) is 24.3 Å². The second-order valence-corrected chi connectivity index (χ2v) is 7.91. The van der Waals surface area contributed by atoms with Crippen LogP contribution >= 0.6 is 11.6 Å². The van der Waals surface area contributed by atoms with Gasteiger partial charge in [0.25, 0.3) is 5.91 Å². The number of ether oxygens (including phenoxy) is 1. The van der Waals surface area contributed by atoms with E-state index < -0.39 is 0 Å². The highest BCUT2D eigenvalue weighted by molar-refractivity contribution is 6.32. The number of para-hydroxylation sites is 1. The fourth-order valence-corrected chi connectivity index (χ4v) is 4.25. The van der Waals surface area contributed by atoms with Crippen molar-refractivity contribution in [1.82, 2.24) is 9.80 Å². The predicted octanol–water partition coefficient (Wildman–Crippen LogP) is 3.21. The molecule has 142 valence electrons. The van der Waals surface area contributed by atoms with E-state index in [1.807, 2.05) is 35.8 Å². The zero-order chi connectivity index (χ0) is 18.7. The number of hydrogen-bond acceptors (Lipinski definition) is 3. The van der Waals surface area contributed by atoms with Crippen LogP contribution in [0.25, 0.3) is 0 Å². The number of piperidine rings is 2. The Hall–Kier alpha value is -1.75. The summed E-state index contributed by atoms with van der Waals surface area (Å²) in [6.07, 6.45) is 2.89. The fraction of sp³-hybridized carbons (Fsp3) is 0.600. The van der Waals surface area contributed by atoms with Gasteiger partial charge >= 0.3 is 0 Å². The predicted molar refractivity (Wildman–Crippen MR) is 101 cm³/mol. The summed E-state index contributed by atoms with van der Waals surface area (Å²) in [5, 5.41) is 0.511. The van der Waals surface area contributed by atoms with Crippen LogP contribution < -0.4 is 4.74 Å². The molecule has 2 aliphatic rings. The molecule has 2 aliphatic heterocycles. The van der Waals surface area contributed by atoms with E-state index in [1.165, 1.54) is 0 Å². The molecule has 1 aromatic rings. The number of hydrogen-bond donors (Lipinski definition) is 0. The molecule has 2 heterocycles. The van der Waals surface area contributed by atoms with Gasteiger partial charge in [-0.2, -0.15) is 0 Å². The molecule has 0 aliphatic carbocycles. The van der Waals surface area contributed by atoms with Crippen molar-refractivity contribution in [3.05, 3.63) is 29.3 Å². The van der Waals surface area contributed by atoms with Gasteiger partial charge in [0, 0.05) is 31.6 Å². The molecular formula is C20H27ClN2O3.